The summed E-state index contributed by atoms with van der Waals surface area (Å²) in [5, 5.41) is 0. The van der Waals surface area contributed by atoms with Crippen molar-refractivity contribution in [3.63, 3.8) is 0 Å². The maximum atomic E-state index is 11.5. The van der Waals surface area contributed by atoms with E-state index in [0.717, 1.165) is 51.2 Å². The monoisotopic (exact) mass is 310 g/mol. The van der Waals surface area contributed by atoms with E-state index in [0.29, 0.717) is 19.4 Å². The molecule has 0 aromatic carbocycles. The van der Waals surface area contributed by atoms with Crippen molar-refractivity contribution in [2.24, 2.45) is 0 Å². The van der Waals surface area contributed by atoms with Crippen LogP contribution in [-0.4, -0.2) is 18.9 Å². The van der Waals surface area contributed by atoms with Gasteiger partial charge in [-0.2, -0.15) is 0 Å². The normalized spacial score (nSPS) is 11.0. The van der Waals surface area contributed by atoms with Gasteiger partial charge in [0.2, 0.25) is 0 Å². The molecule has 0 unspecified atom stereocenters. The number of hydrogen-bond donors (Lipinski definition) is 0. The van der Waals surface area contributed by atoms with Crippen LogP contribution in [-0.2, 0) is 14.3 Å². The fraction of sp³-hybridized carbons (Fsp3) is 0.789. The lowest BCUT2D eigenvalue weighted by molar-refractivity contribution is -0.142. The number of ether oxygens (including phenoxy) is 1. The van der Waals surface area contributed by atoms with Crippen molar-refractivity contribution >= 4 is 12.3 Å². The Morgan fingerprint density at radius 1 is 0.818 bits per heavy atom. The average molecular weight is 310 g/mol. The maximum absolute atomic E-state index is 11.5. The third-order valence-corrected chi connectivity index (χ3v) is 3.68. The quantitative estimate of drug-likeness (QED) is 0.166. The predicted octanol–water partition coefficient (Wildman–Crippen LogP) is 5.38. The molecule has 0 aliphatic carbocycles. The summed E-state index contributed by atoms with van der Waals surface area (Å²) in [5.74, 6) is -0.0865. The summed E-state index contributed by atoms with van der Waals surface area (Å²) in [6, 6.07) is 0. The highest BCUT2D eigenvalue weighted by molar-refractivity contribution is 5.69. The largest absolute Gasteiger partial charge is 0.461 e. The number of esters is 1. The van der Waals surface area contributed by atoms with Crippen LogP contribution in [0, 0.1) is 0 Å². The molecule has 0 heterocycles. The van der Waals surface area contributed by atoms with E-state index in [2.05, 4.69) is 13.0 Å². The molecule has 22 heavy (non-hydrogen) atoms. The van der Waals surface area contributed by atoms with E-state index in [-0.39, 0.29) is 5.97 Å². The zero-order valence-electron chi connectivity index (χ0n) is 14.4. The standard InChI is InChI=1S/C19H34O3/c1-2-3-4-5-9-12-15-18-22-19(21)16-13-10-7-6-8-11-14-17-20/h12,15,17H,2-11,13-14,16,18H2,1H3/b15-12-. The van der Waals surface area contributed by atoms with E-state index in [9.17, 15) is 9.59 Å². The first kappa shape index (κ1) is 20.9. The lowest BCUT2D eigenvalue weighted by Gasteiger charge is -2.02. The smallest absolute Gasteiger partial charge is 0.306 e. The van der Waals surface area contributed by atoms with Crippen molar-refractivity contribution in [2.75, 3.05) is 6.61 Å². The predicted molar refractivity (Wildman–Crippen MR) is 91.9 cm³/mol. The Morgan fingerprint density at radius 3 is 2.18 bits per heavy atom. The minimum absolute atomic E-state index is 0.0865. The van der Waals surface area contributed by atoms with Gasteiger partial charge in [0.1, 0.15) is 12.9 Å². The van der Waals surface area contributed by atoms with Gasteiger partial charge in [0, 0.05) is 12.8 Å². The van der Waals surface area contributed by atoms with E-state index in [4.69, 9.17) is 4.74 Å². The molecule has 0 fully saturated rings. The average Bonchev–Trinajstić information content (AvgIpc) is 2.52. The first-order valence-corrected chi connectivity index (χ1v) is 9.05. The second-order valence-corrected chi connectivity index (χ2v) is 5.83. The summed E-state index contributed by atoms with van der Waals surface area (Å²) in [6.07, 6.45) is 18.8. The molecule has 0 radical (unpaired) electrons. The number of allylic oxidation sites excluding steroid dienone is 1. The molecule has 0 bridgehead atoms. The Kier molecular flexibility index (Phi) is 17.0. The van der Waals surface area contributed by atoms with E-state index in [1.54, 1.807) is 0 Å². The molecular formula is C19H34O3. The van der Waals surface area contributed by atoms with Crippen molar-refractivity contribution in [3.05, 3.63) is 12.2 Å². The summed E-state index contributed by atoms with van der Waals surface area (Å²) in [6.45, 7) is 2.63. The Balaban J connectivity index is 3.25. The number of rotatable bonds is 16. The molecule has 0 rings (SSSR count). The van der Waals surface area contributed by atoms with Gasteiger partial charge in [-0.05, 0) is 25.7 Å². The third-order valence-electron chi connectivity index (χ3n) is 3.68. The molecule has 0 aromatic heterocycles. The first-order valence-electron chi connectivity index (χ1n) is 9.05. The number of aldehydes is 1. The van der Waals surface area contributed by atoms with Gasteiger partial charge in [-0.3, -0.25) is 4.79 Å². The third kappa shape index (κ3) is 16.9. The number of carbonyl (C=O) groups excluding carboxylic acids is 2. The van der Waals surface area contributed by atoms with Gasteiger partial charge < -0.3 is 9.53 Å². The van der Waals surface area contributed by atoms with Crippen LogP contribution in [0.3, 0.4) is 0 Å². The van der Waals surface area contributed by atoms with Crippen molar-refractivity contribution in [1.82, 2.24) is 0 Å². The fourth-order valence-electron chi connectivity index (χ4n) is 2.29. The van der Waals surface area contributed by atoms with Crippen LogP contribution in [0.5, 0.6) is 0 Å². The summed E-state index contributed by atoms with van der Waals surface area (Å²) in [4.78, 5) is 21.6. The second kappa shape index (κ2) is 17.9. The van der Waals surface area contributed by atoms with Crippen LogP contribution in [0.1, 0.15) is 90.4 Å². The molecular weight excluding hydrogens is 276 g/mol. The van der Waals surface area contributed by atoms with Crippen LogP contribution >= 0.6 is 0 Å². The molecule has 0 atom stereocenters. The number of hydrogen-bond acceptors (Lipinski definition) is 3. The molecule has 128 valence electrons. The van der Waals surface area contributed by atoms with Gasteiger partial charge >= 0.3 is 5.97 Å². The zero-order chi connectivity index (χ0) is 16.3. The zero-order valence-corrected chi connectivity index (χ0v) is 14.4. The van der Waals surface area contributed by atoms with Gasteiger partial charge in [0.05, 0.1) is 0 Å². The van der Waals surface area contributed by atoms with Crippen molar-refractivity contribution < 1.29 is 14.3 Å². The first-order chi connectivity index (χ1) is 10.8. The molecule has 0 N–H and O–H groups in total. The molecule has 0 aliphatic rings. The molecule has 0 aromatic rings. The second-order valence-electron chi connectivity index (χ2n) is 5.83. The molecule has 3 nitrogen and oxygen atoms in total. The lowest BCUT2D eigenvalue weighted by Crippen LogP contribution is -2.03. The fourth-order valence-corrected chi connectivity index (χ4v) is 2.29. The van der Waals surface area contributed by atoms with Gasteiger partial charge in [-0.1, -0.05) is 64.0 Å². The van der Waals surface area contributed by atoms with Crippen LogP contribution in [0.2, 0.25) is 0 Å². The number of carbonyl (C=O) groups is 2. The van der Waals surface area contributed by atoms with Gasteiger partial charge in [-0.15, -0.1) is 0 Å². The molecule has 0 saturated carbocycles. The highest BCUT2D eigenvalue weighted by atomic mass is 16.5. The van der Waals surface area contributed by atoms with E-state index < -0.39 is 0 Å². The summed E-state index contributed by atoms with van der Waals surface area (Å²) in [5.41, 5.74) is 0. The summed E-state index contributed by atoms with van der Waals surface area (Å²) >= 11 is 0. The van der Waals surface area contributed by atoms with Crippen LogP contribution in [0.15, 0.2) is 12.2 Å². The van der Waals surface area contributed by atoms with E-state index in [1.807, 2.05) is 6.08 Å². The number of unbranched alkanes of at least 4 members (excludes halogenated alkanes) is 10. The molecule has 0 aliphatic heterocycles. The van der Waals surface area contributed by atoms with Crippen LogP contribution in [0.25, 0.3) is 0 Å². The Labute approximate surface area is 136 Å². The van der Waals surface area contributed by atoms with Gasteiger partial charge in [-0.25, -0.2) is 0 Å². The van der Waals surface area contributed by atoms with Crippen molar-refractivity contribution in [3.8, 4) is 0 Å². The van der Waals surface area contributed by atoms with Crippen molar-refractivity contribution in [2.45, 2.75) is 90.4 Å². The minimum atomic E-state index is -0.0865. The maximum Gasteiger partial charge on any atom is 0.306 e. The highest BCUT2D eigenvalue weighted by Gasteiger charge is 2.01. The van der Waals surface area contributed by atoms with E-state index in [1.165, 1.54) is 25.7 Å². The summed E-state index contributed by atoms with van der Waals surface area (Å²) < 4.78 is 5.16. The molecule has 0 spiro atoms. The van der Waals surface area contributed by atoms with Gasteiger partial charge in [0.15, 0.2) is 0 Å². The molecule has 0 saturated heterocycles. The molecule has 3 heteroatoms. The Bertz CT molecular complexity index is 284. The Hall–Kier alpha value is -1.12. The van der Waals surface area contributed by atoms with Crippen molar-refractivity contribution in [1.29, 1.82) is 0 Å². The highest BCUT2D eigenvalue weighted by Crippen LogP contribution is 2.08. The minimum Gasteiger partial charge on any atom is -0.461 e. The lowest BCUT2D eigenvalue weighted by atomic mass is 10.1. The SMILES string of the molecule is CCCCCC/C=C\COC(=O)CCCCCCCCC=O. The van der Waals surface area contributed by atoms with Gasteiger partial charge in [0.25, 0.3) is 0 Å². The summed E-state index contributed by atoms with van der Waals surface area (Å²) in [7, 11) is 0. The molecule has 0 amide bonds. The topological polar surface area (TPSA) is 43.4 Å². The Morgan fingerprint density at radius 2 is 1.45 bits per heavy atom. The van der Waals surface area contributed by atoms with Crippen LogP contribution in [0.4, 0.5) is 0 Å². The van der Waals surface area contributed by atoms with Crippen LogP contribution < -0.4 is 0 Å². The van der Waals surface area contributed by atoms with E-state index >= 15 is 0 Å².